The van der Waals surface area contributed by atoms with Gasteiger partial charge in [0.25, 0.3) is 0 Å². The van der Waals surface area contributed by atoms with Gasteiger partial charge in [-0.2, -0.15) is 0 Å². The molecule has 1 N–H and O–H groups in total. The van der Waals surface area contributed by atoms with Gasteiger partial charge in [0, 0.05) is 18.9 Å². The predicted octanol–water partition coefficient (Wildman–Crippen LogP) is 0.959. The van der Waals surface area contributed by atoms with E-state index in [-0.39, 0.29) is 36.7 Å². The number of hydrogen-bond acceptors (Lipinski definition) is 8. The zero-order valence-corrected chi connectivity index (χ0v) is 16.5. The summed E-state index contributed by atoms with van der Waals surface area (Å²) in [6.45, 7) is 1.73. The maximum absolute atomic E-state index is 14.6. The van der Waals surface area contributed by atoms with Crippen molar-refractivity contribution in [3.8, 4) is 10.6 Å². The first-order chi connectivity index (χ1) is 13.3. The lowest BCUT2D eigenvalue weighted by Gasteiger charge is -2.14. The van der Waals surface area contributed by atoms with Crippen molar-refractivity contribution < 1.29 is 27.1 Å². The van der Waals surface area contributed by atoms with Crippen molar-refractivity contribution >= 4 is 39.7 Å². The fourth-order valence-corrected chi connectivity index (χ4v) is 4.00. The van der Waals surface area contributed by atoms with Crippen LogP contribution in [0, 0.1) is 5.82 Å². The summed E-state index contributed by atoms with van der Waals surface area (Å²) in [5.74, 6) is -0.862. The number of benzene rings is 1. The minimum atomic E-state index is -2.51. The lowest BCUT2D eigenvalue weighted by atomic mass is 10.2. The first kappa shape index (κ1) is 20.1. The van der Waals surface area contributed by atoms with Crippen LogP contribution >= 0.6 is 11.3 Å². The number of aromatic nitrogens is 2. The first-order valence-corrected chi connectivity index (χ1v) is 10.5. The molecule has 2 aromatic rings. The van der Waals surface area contributed by atoms with Crippen molar-refractivity contribution in [2.24, 2.45) is 0 Å². The van der Waals surface area contributed by atoms with E-state index in [2.05, 4.69) is 15.5 Å². The molecule has 150 valence electrons. The van der Waals surface area contributed by atoms with Gasteiger partial charge in [-0.15, -0.1) is 10.2 Å². The summed E-state index contributed by atoms with van der Waals surface area (Å²) in [5.41, 5.74) is 0.533. The Kier molecular flexibility index (Phi) is 6.19. The molecule has 1 atom stereocenters. The quantitative estimate of drug-likeness (QED) is 0.631. The van der Waals surface area contributed by atoms with E-state index in [9.17, 15) is 22.4 Å². The number of amides is 2. The van der Waals surface area contributed by atoms with Crippen LogP contribution in [0.2, 0.25) is 0 Å². The fourth-order valence-electron chi connectivity index (χ4n) is 2.59. The van der Waals surface area contributed by atoms with Crippen LogP contribution < -0.4 is 10.2 Å². The highest BCUT2D eigenvalue weighted by molar-refractivity contribution is 7.72. The number of halogens is 1. The van der Waals surface area contributed by atoms with E-state index in [0.717, 1.165) is 11.3 Å². The normalized spacial score (nSPS) is 16.5. The van der Waals surface area contributed by atoms with E-state index in [4.69, 9.17) is 4.74 Å². The lowest BCUT2D eigenvalue weighted by Crippen LogP contribution is -2.33. The number of carbonyl (C=O) groups is 2. The zero-order valence-electron chi connectivity index (χ0n) is 14.8. The van der Waals surface area contributed by atoms with Crippen LogP contribution in [0.25, 0.3) is 10.6 Å². The number of carbonyl (C=O) groups excluding carboxylic acids is 2. The molecule has 0 spiro atoms. The van der Waals surface area contributed by atoms with Crippen molar-refractivity contribution in [3.63, 3.8) is 0 Å². The number of cyclic esters (lactones) is 1. The third-order valence-corrected chi connectivity index (χ3v) is 5.53. The molecule has 2 heterocycles. The summed E-state index contributed by atoms with van der Waals surface area (Å²) in [5, 5.41) is 11.2. The second-order valence-electron chi connectivity index (χ2n) is 6.02. The van der Waals surface area contributed by atoms with Crippen LogP contribution in [0.5, 0.6) is 0 Å². The third kappa shape index (κ3) is 4.81. The Balaban J connectivity index is 1.72. The number of hydrogen-bond donors (Lipinski definition) is 2. The van der Waals surface area contributed by atoms with Crippen molar-refractivity contribution in [3.05, 3.63) is 29.0 Å². The Morgan fingerprint density at radius 1 is 1.43 bits per heavy atom. The molecular formula is C16H17FN4O5S2. The van der Waals surface area contributed by atoms with Gasteiger partial charge < -0.3 is 10.1 Å². The Bertz CT molecular complexity index is 970. The molecule has 28 heavy (non-hydrogen) atoms. The van der Waals surface area contributed by atoms with Gasteiger partial charge in [0.05, 0.1) is 24.5 Å². The molecule has 0 saturated carbocycles. The molecule has 1 fully saturated rings. The number of nitrogens with one attached hydrogen (secondary N) is 1. The number of aryl methyl sites for hydroxylation is 1. The average molecular weight is 428 g/mol. The maximum Gasteiger partial charge on any atom is 0.414 e. The van der Waals surface area contributed by atoms with Gasteiger partial charge in [0.15, 0.2) is 5.01 Å². The molecule has 2 amide bonds. The van der Waals surface area contributed by atoms with Crippen molar-refractivity contribution in [1.82, 2.24) is 15.5 Å². The van der Waals surface area contributed by atoms with Crippen molar-refractivity contribution in [2.45, 2.75) is 19.4 Å². The minimum Gasteiger partial charge on any atom is -0.442 e. The molecule has 9 nitrogen and oxygen atoms in total. The van der Waals surface area contributed by atoms with Gasteiger partial charge in [0.1, 0.15) is 27.6 Å². The summed E-state index contributed by atoms with van der Waals surface area (Å²) >= 11 is 1.12. The number of ether oxygens (including phenoxy) is 1. The molecule has 1 aromatic carbocycles. The highest BCUT2D eigenvalue weighted by Gasteiger charge is 2.32. The van der Waals surface area contributed by atoms with E-state index in [0.29, 0.717) is 15.7 Å². The molecule has 3 rings (SSSR count). The number of nitrogens with zero attached hydrogens (tertiary/aromatic N) is 3. The van der Waals surface area contributed by atoms with Gasteiger partial charge in [-0.25, -0.2) is 17.6 Å². The van der Waals surface area contributed by atoms with Crippen molar-refractivity contribution in [1.29, 1.82) is 0 Å². The maximum atomic E-state index is 14.6. The molecule has 0 unspecified atom stereocenters. The van der Waals surface area contributed by atoms with Crippen LogP contribution in [0.15, 0.2) is 18.2 Å². The van der Waals surface area contributed by atoms with E-state index >= 15 is 0 Å². The van der Waals surface area contributed by atoms with Crippen LogP contribution in [-0.4, -0.2) is 55.6 Å². The highest BCUT2D eigenvalue weighted by atomic mass is 32.2. The lowest BCUT2D eigenvalue weighted by molar-refractivity contribution is -0.119. The average Bonchev–Trinajstić information content (AvgIpc) is 3.24. The molecule has 12 heteroatoms. The Morgan fingerprint density at radius 2 is 2.21 bits per heavy atom. The van der Waals surface area contributed by atoms with E-state index in [1.54, 1.807) is 6.07 Å². The van der Waals surface area contributed by atoms with Crippen LogP contribution in [-0.2, 0) is 26.7 Å². The van der Waals surface area contributed by atoms with Gasteiger partial charge in [-0.05, 0) is 18.2 Å². The molecule has 1 aromatic heterocycles. The second-order valence-corrected chi connectivity index (χ2v) is 8.20. The van der Waals surface area contributed by atoms with E-state index in [1.807, 2.05) is 0 Å². The molecule has 1 aliphatic rings. The Hall–Kier alpha value is -2.60. The van der Waals surface area contributed by atoms with Gasteiger partial charge in [-0.1, -0.05) is 11.3 Å². The van der Waals surface area contributed by atoms with Gasteiger partial charge in [-0.3, -0.25) is 9.69 Å². The van der Waals surface area contributed by atoms with E-state index < -0.39 is 28.7 Å². The minimum absolute atomic E-state index is 0.0396. The third-order valence-electron chi connectivity index (χ3n) is 3.92. The van der Waals surface area contributed by atoms with Gasteiger partial charge >= 0.3 is 6.09 Å². The summed E-state index contributed by atoms with van der Waals surface area (Å²) in [6, 6.07) is 4.25. The van der Waals surface area contributed by atoms with Crippen LogP contribution in [0.1, 0.15) is 11.9 Å². The number of rotatable bonds is 7. The van der Waals surface area contributed by atoms with Crippen LogP contribution in [0.4, 0.5) is 14.9 Å². The van der Waals surface area contributed by atoms with Gasteiger partial charge in [0.2, 0.25) is 5.91 Å². The SMILES string of the molecule is CC(=O)NC[C@H]1CN(c2ccc(-c3nnc(CC[SH](=O)=O)s3)c(F)c2)C(=O)O1. The monoisotopic (exact) mass is 428 g/mol. The van der Waals surface area contributed by atoms with Crippen molar-refractivity contribution in [2.75, 3.05) is 23.7 Å². The smallest absolute Gasteiger partial charge is 0.414 e. The Morgan fingerprint density at radius 3 is 2.89 bits per heavy atom. The summed E-state index contributed by atoms with van der Waals surface area (Å²) in [6.07, 6.45) is -0.907. The van der Waals surface area contributed by atoms with E-state index in [1.165, 1.54) is 24.0 Å². The zero-order chi connectivity index (χ0) is 20.3. The standard InChI is InChI=1S/C16H17FN4O5S2/c1-9(22)18-7-11-8-21(16(23)26-11)10-2-3-12(13(17)6-10)15-20-19-14(27-15)4-5-28(24)25/h2-3,6,11,28H,4-5,7-8H2,1H3,(H,18,22)/t11-/m0/s1. The summed E-state index contributed by atoms with van der Waals surface area (Å²) in [7, 11) is -2.51. The molecule has 1 saturated heterocycles. The molecule has 1 aliphatic heterocycles. The first-order valence-electron chi connectivity index (χ1n) is 8.30. The molecule has 0 radical (unpaired) electrons. The number of anilines is 1. The topological polar surface area (TPSA) is 119 Å². The fraction of sp³-hybridized carbons (Fsp3) is 0.375. The Labute approximate surface area is 165 Å². The highest BCUT2D eigenvalue weighted by Crippen LogP contribution is 2.30. The summed E-state index contributed by atoms with van der Waals surface area (Å²) < 4.78 is 41.1. The predicted molar refractivity (Wildman–Crippen MR) is 100 cm³/mol. The number of thiol groups is 1. The van der Waals surface area contributed by atoms with Crippen LogP contribution in [0.3, 0.4) is 0 Å². The second kappa shape index (κ2) is 8.61. The summed E-state index contributed by atoms with van der Waals surface area (Å²) in [4.78, 5) is 24.3. The molecule has 0 bridgehead atoms. The largest absolute Gasteiger partial charge is 0.442 e. The molecule has 0 aliphatic carbocycles. The molecular weight excluding hydrogens is 411 g/mol.